The Hall–Kier alpha value is -1.16. The Labute approximate surface area is 97.5 Å². The second-order valence-electron chi connectivity index (χ2n) is 3.76. The lowest BCUT2D eigenvalue weighted by molar-refractivity contribution is 0.112. The zero-order valence-corrected chi connectivity index (χ0v) is 10.8. The van der Waals surface area contributed by atoms with E-state index in [0.717, 1.165) is 30.3 Å². The van der Waals surface area contributed by atoms with Crippen LogP contribution in [0.1, 0.15) is 44.0 Å². The predicted molar refractivity (Wildman–Crippen MR) is 65.7 cm³/mol. The molecule has 0 spiro atoms. The third-order valence-electron chi connectivity index (χ3n) is 2.65. The highest BCUT2D eigenvalue weighted by Gasteiger charge is 2.13. The summed E-state index contributed by atoms with van der Waals surface area (Å²) >= 11 is 0. The van der Waals surface area contributed by atoms with Gasteiger partial charge in [0, 0.05) is 24.9 Å². The fourth-order valence-electron chi connectivity index (χ4n) is 1.64. The molecule has 0 radical (unpaired) electrons. The lowest BCUT2D eigenvalue weighted by atomic mass is 10.1. The van der Waals surface area contributed by atoms with Crippen molar-refractivity contribution >= 4 is 5.82 Å². The zero-order chi connectivity index (χ0) is 12.1. The molecule has 16 heavy (non-hydrogen) atoms. The number of hydrogen-bond donors (Lipinski definition) is 1. The van der Waals surface area contributed by atoms with Crippen molar-refractivity contribution in [2.24, 2.45) is 0 Å². The highest BCUT2D eigenvalue weighted by atomic mass is 16.5. The summed E-state index contributed by atoms with van der Waals surface area (Å²) in [7, 11) is 1.67. The highest BCUT2D eigenvalue weighted by molar-refractivity contribution is 5.46. The zero-order valence-electron chi connectivity index (χ0n) is 10.8. The van der Waals surface area contributed by atoms with Crippen LogP contribution in [0.4, 0.5) is 5.82 Å². The number of hydrogen-bond acceptors (Lipinski definition) is 4. The van der Waals surface area contributed by atoms with Crippen molar-refractivity contribution in [3.05, 3.63) is 17.1 Å². The van der Waals surface area contributed by atoms with Crippen LogP contribution in [0.2, 0.25) is 0 Å². The lowest BCUT2D eigenvalue weighted by Crippen LogP contribution is -2.12. The average molecular weight is 223 g/mol. The Morgan fingerprint density at radius 1 is 1.31 bits per heavy atom. The Balaban J connectivity index is 3.16. The van der Waals surface area contributed by atoms with Gasteiger partial charge in [-0.25, -0.2) is 9.97 Å². The summed E-state index contributed by atoms with van der Waals surface area (Å²) in [6.07, 6.45) is 0.873. The van der Waals surface area contributed by atoms with E-state index in [2.05, 4.69) is 29.1 Å². The number of aryl methyl sites for hydroxylation is 1. The number of methoxy groups -OCH3 is 1. The molecule has 4 heteroatoms. The van der Waals surface area contributed by atoms with E-state index in [1.165, 1.54) is 5.56 Å². The van der Waals surface area contributed by atoms with Crippen LogP contribution in [-0.4, -0.2) is 23.6 Å². The Morgan fingerprint density at radius 2 is 2.00 bits per heavy atom. The molecule has 0 saturated heterocycles. The molecular weight excluding hydrogens is 202 g/mol. The Bertz CT molecular complexity index is 352. The van der Waals surface area contributed by atoms with Gasteiger partial charge in [0.05, 0.1) is 0 Å². The summed E-state index contributed by atoms with van der Waals surface area (Å²) in [6.45, 7) is 9.02. The molecule has 1 rings (SSSR count). The van der Waals surface area contributed by atoms with Gasteiger partial charge >= 0.3 is 0 Å². The predicted octanol–water partition coefficient (Wildman–Crippen LogP) is 2.49. The van der Waals surface area contributed by atoms with E-state index in [4.69, 9.17) is 4.74 Å². The van der Waals surface area contributed by atoms with E-state index < -0.39 is 0 Å². The van der Waals surface area contributed by atoms with Gasteiger partial charge in [0.15, 0.2) is 5.82 Å². The van der Waals surface area contributed by atoms with Crippen LogP contribution in [0, 0.1) is 6.92 Å². The maximum Gasteiger partial charge on any atom is 0.159 e. The number of aromatic nitrogens is 2. The Morgan fingerprint density at radius 3 is 2.50 bits per heavy atom. The molecule has 0 aliphatic rings. The smallest absolute Gasteiger partial charge is 0.159 e. The van der Waals surface area contributed by atoms with Crippen LogP contribution in [0.15, 0.2) is 0 Å². The molecule has 1 aromatic heterocycles. The van der Waals surface area contributed by atoms with Crippen molar-refractivity contribution in [1.29, 1.82) is 0 Å². The lowest BCUT2D eigenvalue weighted by Gasteiger charge is -2.15. The maximum absolute atomic E-state index is 5.25. The van der Waals surface area contributed by atoms with Gasteiger partial charge in [-0.1, -0.05) is 6.92 Å². The first-order valence-electron chi connectivity index (χ1n) is 5.78. The van der Waals surface area contributed by atoms with Gasteiger partial charge in [-0.2, -0.15) is 0 Å². The molecule has 1 atom stereocenters. The molecule has 1 unspecified atom stereocenters. The van der Waals surface area contributed by atoms with Crippen molar-refractivity contribution in [3.63, 3.8) is 0 Å². The third kappa shape index (κ3) is 2.70. The Kier molecular flexibility index (Phi) is 4.68. The molecule has 4 nitrogen and oxygen atoms in total. The van der Waals surface area contributed by atoms with E-state index in [1.807, 2.05) is 13.8 Å². The SMILES string of the molecule is CCNc1nc(C(C)OC)nc(C)c1CC. The second kappa shape index (κ2) is 5.80. The molecule has 0 aromatic carbocycles. The summed E-state index contributed by atoms with van der Waals surface area (Å²) in [5.74, 6) is 1.68. The van der Waals surface area contributed by atoms with E-state index in [0.29, 0.717) is 0 Å². The maximum atomic E-state index is 5.25. The average Bonchev–Trinajstić information content (AvgIpc) is 2.28. The molecule has 0 aliphatic carbocycles. The quantitative estimate of drug-likeness (QED) is 0.833. The van der Waals surface area contributed by atoms with Crippen LogP contribution in [0.3, 0.4) is 0 Å². The molecule has 0 bridgehead atoms. The topological polar surface area (TPSA) is 47.0 Å². The number of nitrogens with zero attached hydrogens (tertiary/aromatic N) is 2. The minimum absolute atomic E-state index is 0.0676. The number of nitrogens with one attached hydrogen (secondary N) is 1. The standard InChI is InChI=1S/C12H21N3O/c1-6-10-8(3)14-11(9(4)16-5)15-12(10)13-7-2/h9H,6-7H2,1-5H3,(H,13,14,15). The normalized spacial score (nSPS) is 12.6. The molecule has 1 N–H and O–H groups in total. The van der Waals surface area contributed by atoms with Crippen LogP contribution < -0.4 is 5.32 Å². The fourth-order valence-corrected chi connectivity index (χ4v) is 1.64. The summed E-state index contributed by atoms with van der Waals surface area (Å²) in [5.41, 5.74) is 2.22. The molecule has 0 fully saturated rings. The van der Waals surface area contributed by atoms with E-state index >= 15 is 0 Å². The van der Waals surface area contributed by atoms with E-state index in [-0.39, 0.29) is 6.10 Å². The van der Waals surface area contributed by atoms with Crippen LogP contribution in [0.5, 0.6) is 0 Å². The first kappa shape index (κ1) is 12.9. The van der Waals surface area contributed by atoms with Gasteiger partial charge in [0.25, 0.3) is 0 Å². The summed E-state index contributed by atoms with van der Waals surface area (Å²) in [5, 5.41) is 3.28. The number of anilines is 1. The van der Waals surface area contributed by atoms with Crippen molar-refractivity contribution in [2.75, 3.05) is 19.0 Å². The van der Waals surface area contributed by atoms with Gasteiger partial charge in [-0.15, -0.1) is 0 Å². The van der Waals surface area contributed by atoms with Crippen molar-refractivity contribution in [2.45, 2.75) is 40.2 Å². The van der Waals surface area contributed by atoms with Gasteiger partial charge in [-0.3, -0.25) is 0 Å². The van der Waals surface area contributed by atoms with Gasteiger partial charge in [0.1, 0.15) is 11.9 Å². The second-order valence-corrected chi connectivity index (χ2v) is 3.76. The third-order valence-corrected chi connectivity index (χ3v) is 2.65. The minimum atomic E-state index is -0.0676. The van der Waals surface area contributed by atoms with E-state index in [1.54, 1.807) is 7.11 Å². The number of ether oxygens (including phenoxy) is 1. The molecule has 0 amide bonds. The fraction of sp³-hybridized carbons (Fsp3) is 0.667. The molecule has 1 heterocycles. The van der Waals surface area contributed by atoms with Gasteiger partial charge < -0.3 is 10.1 Å². The molecule has 1 aromatic rings. The molecule has 0 aliphatic heterocycles. The van der Waals surface area contributed by atoms with Gasteiger partial charge in [0.2, 0.25) is 0 Å². The summed E-state index contributed by atoms with van der Waals surface area (Å²) in [4.78, 5) is 9.00. The van der Waals surface area contributed by atoms with Crippen LogP contribution in [-0.2, 0) is 11.2 Å². The highest BCUT2D eigenvalue weighted by Crippen LogP contribution is 2.20. The number of rotatable bonds is 5. The van der Waals surface area contributed by atoms with Crippen molar-refractivity contribution in [3.8, 4) is 0 Å². The van der Waals surface area contributed by atoms with Crippen molar-refractivity contribution in [1.82, 2.24) is 9.97 Å². The largest absolute Gasteiger partial charge is 0.374 e. The first-order chi connectivity index (χ1) is 7.63. The first-order valence-corrected chi connectivity index (χ1v) is 5.78. The minimum Gasteiger partial charge on any atom is -0.374 e. The molecular formula is C12H21N3O. The monoisotopic (exact) mass is 223 g/mol. The van der Waals surface area contributed by atoms with E-state index in [9.17, 15) is 0 Å². The summed E-state index contributed by atoms with van der Waals surface area (Å²) in [6, 6.07) is 0. The van der Waals surface area contributed by atoms with Crippen LogP contribution in [0.25, 0.3) is 0 Å². The molecule has 90 valence electrons. The van der Waals surface area contributed by atoms with Crippen molar-refractivity contribution < 1.29 is 4.74 Å². The summed E-state index contributed by atoms with van der Waals surface area (Å²) < 4.78 is 5.25. The molecule has 0 saturated carbocycles. The van der Waals surface area contributed by atoms with Crippen LogP contribution >= 0.6 is 0 Å². The van der Waals surface area contributed by atoms with Gasteiger partial charge in [-0.05, 0) is 27.2 Å².